The second kappa shape index (κ2) is 5.40. The normalized spacial score (nSPS) is 10.3. The molecule has 0 aromatic heterocycles. The average Bonchev–Trinajstić information content (AvgIpc) is 2.37. The van der Waals surface area contributed by atoms with E-state index in [1.807, 2.05) is 0 Å². The number of aromatic hydroxyl groups is 1. The summed E-state index contributed by atoms with van der Waals surface area (Å²) in [5, 5.41) is 12.1. The van der Waals surface area contributed by atoms with Crippen molar-refractivity contribution in [1.82, 2.24) is 0 Å². The Labute approximate surface area is 118 Å². The van der Waals surface area contributed by atoms with E-state index in [2.05, 4.69) is 21.2 Å². The predicted octanol–water partition coefficient (Wildman–Crippen LogP) is 3.85. The third-order valence-electron chi connectivity index (χ3n) is 2.65. The van der Waals surface area contributed by atoms with Crippen LogP contribution in [0.5, 0.6) is 5.75 Å². The van der Waals surface area contributed by atoms with Gasteiger partial charge >= 0.3 is 0 Å². The van der Waals surface area contributed by atoms with Crippen LogP contribution < -0.4 is 5.32 Å². The Bertz CT molecular complexity index is 643. The number of phenolic OH excluding ortho intramolecular Hbond substituents is 1. The molecule has 0 unspecified atom stereocenters. The van der Waals surface area contributed by atoms with Gasteiger partial charge in [0, 0.05) is 10.0 Å². The van der Waals surface area contributed by atoms with Crippen molar-refractivity contribution in [3.63, 3.8) is 0 Å². The van der Waals surface area contributed by atoms with E-state index in [1.54, 1.807) is 19.1 Å². The number of benzene rings is 2. The zero-order valence-corrected chi connectivity index (χ0v) is 11.7. The molecule has 2 aromatic carbocycles. The summed E-state index contributed by atoms with van der Waals surface area (Å²) in [5.74, 6) is -0.808. The summed E-state index contributed by atoms with van der Waals surface area (Å²) < 4.78 is 13.7. The lowest BCUT2D eigenvalue weighted by Crippen LogP contribution is -2.12. The van der Waals surface area contributed by atoms with Crippen LogP contribution in [0.1, 0.15) is 15.9 Å². The smallest absolute Gasteiger partial charge is 0.255 e. The van der Waals surface area contributed by atoms with E-state index < -0.39 is 11.7 Å². The first-order valence-corrected chi connectivity index (χ1v) is 6.32. The van der Waals surface area contributed by atoms with E-state index in [1.165, 1.54) is 24.3 Å². The average molecular weight is 324 g/mol. The summed E-state index contributed by atoms with van der Waals surface area (Å²) in [7, 11) is 0. The molecule has 0 atom stereocenters. The summed E-state index contributed by atoms with van der Waals surface area (Å²) in [5.41, 5.74) is 1.33. The third kappa shape index (κ3) is 3.12. The highest BCUT2D eigenvalue weighted by Crippen LogP contribution is 2.24. The Morgan fingerprint density at radius 1 is 1.26 bits per heavy atom. The molecule has 3 nitrogen and oxygen atoms in total. The minimum Gasteiger partial charge on any atom is -0.508 e. The lowest BCUT2D eigenvalue weighted by molar-refractivity contribution is 0.102. The van der Waals surface area contributed by atoms with E-state index in [9.17, 15) is 14.3 Å². The molecule has 0 aliphatic carbocycles. The van der Waals surface area contributed by atoms with Crippen LogP contribution >= 0.6 is 15.9 Å². The molecule has 0 spiro atoms. The minimum atomic E-state index is -0.440. The van der Waals surface area contributed by atoms with Crippen molar-refractivity contribution >= 4 is 27.5 Å². The number of phenols is 1. The Balaban J connectivity index is 2.25. The largest absolute Gasteiger partial charge is 0.508 e. The Hall–Kier alpha value is -1.88. The lowest BCUT2D eigenvalue weighted by Gasteiger charge is -2.08. The van der Waals surface area contributed by atoms with Gasteiger partial charge in [0.05, 0.1) is 5.69 Å². The number of carbonyl (C=O) groups excluding carboxylic acids is 1. The topological polar surface area (TPSA) is 49.3 Å². The zero-order valence-electron chi connectivity index (χ0n) is 10.1. The number of hydrogen-bond acceptors (Lipinski definition) is 2. The molecular formula is C14H11BrFNO2. The zero-order chi connectivity index (χ0) is 14.0. The molecule has 0 heterocycles. The molecule has 0 fully saturated rings. The van der Waals surface area contributed by atoms with Gasteiger partial charge in [0.25, 0.3) is 5.91 Å². The number of carbonyl (C=O) groups is 1. The van der Waals surface area contributed by atoms with Crippen molar-refractivity contribution in [2.75, 3.05) is 5.32 Å². The van der Waals surface area contributed by atoms with Crippen molar-refractivity contribution in [3.05, 3.63) is 57.8 Å². The van der Waals surface area contributed by atoms with Gasteiger partial charge in [-0.3, -0.25) is 4.79 Å². The highest BCUT2D eigenvalue weighted by Gasteiger charge is 2.10. The molecule has 0 aliphatic heterocycles. The summed E-state index contributed by atoms with van der Waals surface area (Å²) in [6, 6.07) is 8.63. The highest BCUT2D eigenvalue weighted by atomic mass is 79.9. The summed E-state index contributed by atoms with van der Waals surface area (Å²) in [4.78, 5) is 12.0. The minimum absolute atomic E-state index is 0.0472. The molecule has 5 heteroatoms. The molecule has 2 rings (SSSR count). The van der Waals surface area contributed by atoms with E-state index in [-0.39, 0.29) is 5.75 Å². The van der Waals surface area contributed by atoms with Crippen LogP contribution in [0, 0.1) is 12.7 Å². The van der Waals surface area contributed by atoms with Crippen LogP contribution in [0.2, 0.25) is 0 Å². The first kappa shape index (κ1) is 13.5. The van der Waals surface area contributed by atoms with Gasteiger partial charge in [-0.1, -0.05) is 6.07 Å². The Morgan fingerprint density at radius 3 is 2.68 bits per heavy atom. The maximum Gasteiger partial charge on any atom is 0.255 e. The van der Waals surface area contributed by atoms with Crippen LogP contribution in [0.25, 0.3) is 0 Å². The van der Waals surface area contributed by atoms with Crippen molar-refractivity contribution < 1.29 is 14.3 Å². The van der Waals surface area contributed by atoms with E-state index in [0.29, 0.717) is 21.3 Å². The van der Waals surface area contributed by atoms with Crippen LogP contribution in [0.4, 0.5) is 10.1 Å². The Kier molecular flexibility index (Phi) is 3.85. The van der Waals surface area contributed by atoms with Gasteiger partial charge in [-0.05, 0) is 58.7 Å². The highest BCUT2D eigenvalue weighted by molar-refractivity contribution is 9.10. The molecule has 0 bridgehead atoms. The van der Waals surface area contributed by atoms with Crippen LogP contribution in [-0.2, 0) is 0 Å². The van der Waals surface area contributed by atoms with E-state index in [0.717, 1.165) is 0 Å². The number of hydrogen-bond donors (Lipinski definition) is 2. The number of rotatable bonds is 2. The van der Waals surface area contributed by atoms with Crippen LogP contribution in [0.3, 0.4) is 0 Å². The van der Waals surface area contributed by atoms with Gasteiger partial charge in [0.1, 0.15) is 11.6 Å². The van der Waals surface area contributed by atoms with Gasteiger partial charge < -0.3 is 10.4 Å². The third-order valence-corrected chi connectivity index (χ3v) is 3.34. The van der Waals surface area contributed by atoms with Crippen molar-refractivity contribution in [3.8, 4) is 5.75 Å². The molecule has 0 radical (unpaired) electrons. The first-order chi connectivity index (χ1) is 8.97. The fourth-order valence-corrected chi connectivity index (χ4v) is 1.88. The van der Waals surface area contributed by atoms with Gasteiger partial charge in [0.15, 0.2) is 0 Å². The summed E-state index contributed by atoms with van der Waals surface area (Å²) in [6.07, 6.45) is 0. The van der Waals surface area contributed by atoms with Gasteiger partial charge in [-0.25, -0.2) is 4.39 Å². The maximum atomic E-state index is 13.1. The van der Waals surface area contributed by atoms with Gasteiger partial charge in [-0.15, -0.1) is 0 Å². The maximum absolute atomic E-state index is 13.1. The number of amides is 1. The van der Waals surface area contributed by atoms with Gasteiger partial charge in [-0.2, -0.15) is 0 Å². The van der Waals surface area contributed by atoms with Crippen molar-refractivity contribution in [2.24, 2.45) is 0 Å². The van der Waals surface area contributed by atoms with Crippen molar-refractivity contribution in [1.29, 1.82) is 0 Å². The van der Waals surface area contributed by atoms with E-state index >= 15 is 0 Å². The number of anilines is 1. The van der Waals surface area contributed by atoms with Crippen LogP contribution in [0.15, 0.2) is 40.9 Å². The van der Waals surface area contributed by atoms with E-state index in [4.69, 9.17) is 0 Å². The monoisotopic (exact) mass is 323 g/mol. The van der Waals surface area contributed by atoms with Crippen LogP contribution in [-0.4, -0.2) is 11.0 Å². The standard InChI is InChI=1S/C14H11BrFNO2/c1-8-2-3-9(6-13(8)18)14(19)17-12-7-10(16)4-5-11(12)15/h2-7,18H,1H3,(H,17,19). The number of nitrogens with one attached hydrogen (secondary N) is 1. The molecule has 0 aliphatic rings. The summed E-state index contributed by atoms with van der Waals surface area (Å²) >= 11 is 3.23. The van der Waals surface area contributed by atoms with Gasteiger partial charge in [0.2, 0.25) is 0 Å². The number of halogens is 2. The fraction of sp³-hybridized carbons (Fsp3) is 0.0714. The molecule has 0 saturated heterocycles. The fourth-order valence-electron chi connectivity index (χ4n) is 1.54. The summed E-state index contributed by atoms with van der Waals surface area (Å²) in [6.45, 7) is 1.74. The molecule has 2 aromatic rings. The molecule has 19 heavy (non-hydrogen) atoms. The molecular weight excluding hydrogens is 313 g/mol. The number of aryl methyl sites for hydroxylation is 1. The molecule has 98 valence electrons. The lowest BCUT2D eigenvalue weighted by atomic mass is 10.1. The molecule has 2 N–H and O–H groups in total. The Morgan fingerprint density at radius 2 is 2.00 bits per heavy atom. The van der Waals surface area contributed by atoms with Crippen molar-refractivity contribution in [2.45, 2.75) is 6.92 Å². The SMILES string of the molecule is Cc1ccc(C(=O)Nc2cc(F)ccc2Br)cc1O. The second-order valence-electron chi connectivity index (χ2n) is 4.08. The molecule has 0 saturated carbocycles. The predicted molar refractivity (Wildman–Crippen MR) is 74.9 cm³/mol. The second-order valence-corrected chi connectivity index (χ2v) is 4.93. The quantitative estimate of drug-likeness (QED) is 0.881. The molecule has 1 amide bonds. The first-order valence-electron chi connectivity index (χ1n) is 5.53.